The van der Waals surface area contributed by atoms with E-state index in [0.717, 1.165) is 28.3 Å². The van der Waals surface area contributed by atoms with Crippen LogP contribution in [0.25, 0.3) is 5.69 Å². The predicted molar refractivity (Wildman–Crippen MR) is 131 cm³/mol. The van der Waals surface area contributed by atoms with Crippen LogP contribution in [0, 0.1) is 13.8 Å². The molecular weight excluding hydrogens is 522 g/mol. The first-order valence-corrected chi connectivity index (χ1v) is 9.72. The van der Waals surface area contributed by atoms with E-state index in [1.54, 1.807) is 7.05 Å². The van der Waals surface area contributed by atoms with E-state index in [4.69, 9.17) is 23.2 Å². The van der Waals surface area contributed by atoms with Gasteiger partial charge in [0.1, 0.15) is 5.15 Å². The highest BCUT2D eigenvalue weighted by Gasteiger charge is 2.11. The Kier molecular flexibility index (Phi) is 8.42. The predicted octanol–water partition coefficient (Wildman–Crippen LogP) is 4.62. The van der Waals surface area contributed by atoms with Crippen molar-refractivity contribution in [2.24, 2.45) is 12.0 Å². The van der Waals surface area contributed by atoms with Crippen molar-refractivity contribution in [3.63, 3.8) is 0 Å². The van der Waals surface area contributed by atoms with Crippen LogP contribution in [-0.2, 0) is 20.1 Å². The van der Waals surface area contributed by atoms with Gasteiger partial charge in [-0.05, 0) is 37.6 Å². The first kappa shape index (κ1) is 23.6. The van der Waals surface area contributed by atoms with Gasteiger partial charge in [-0.1, -0.05) is 41.4 Å². The molecule has 2 heterocycles. The first-order chi connectivity index (χ1) is 13.4. The third-order valence-corrected chi connectivity index (χ3v) is 5.39. The molecule has 3 aromatic rings. The van der Waals surface area contributed by atoms with Crippen LogP contribution in [0.3, 0.4) is 0 Å². The summed E-state index contributed by atoms with van der Waals surface area (Å²) in [5.74, 6) is 0.691. The van der Waals surface area contributed by atoms with Gasteiger partial charge in [0.2, 0.25) is 0 Å². The Bertz CT molecular complexity index is 1010. The number of rotatable bonds is 5. The molecule has 2 N–H and O–H groups in total. The van der Waals surface area contributed by atoms with Crippen molar-refractivity contribution in [1.29, 1.82) is 0 Å². The lowest BCUT2D eigenvalue weighted by atomic mass is 10.1. The van der Waals surface area contributed by atoms with Crippen molar-refractivity contribution in [3.05, 3.63) is 69.2 Å². The van der Waals surface area contributed by atoms with Gasteiger partial charge in [0.25, 0.3) is 0 Å². The summed E-state index contributed by atoms with van der Waals surface area (Å²) >= 11 is 12.2. The maximum Gasteiger partial charge on any atom is 0.191 e. The van der Waals surface area contributed by atoms with Gasteiger partial charge in [-0.25, -0.2) is 4.68 Å². The molecule has 1 aromatic carbocycles. The molecule has 0 aliphatic heterocycles. The lowest BCUT2D eigenvalue weighted by Gasteiger charge is -2.15. The standard InChI is InChI=1S/C20H24Cl2N6.HI/c1-13-9-14(2)28(26-13)18-8-6-5-7-15(18)11-24-20(23-3)25-12-16-10-17(21)19(22)27(16)4;/h5-10H,11-12H2,1-4H3,(H2,23,24,25);1H. The smallest absolute Gasteiger partial charge is 0.191 e. The monoisotopic (exact) mass is 546 g/mol. The van der Waals surface area contributed by atoms with E-state index < -0.39 is 0 Å². The Hall–Kier alpha value is -1.71. The van der Waals surface area contributed by atoms with Crippen LogP contribution in [0.15, 0.2) is 41.4 Å². The Morgan fingerprint density at radius 2 is 1.79 bits per heavy atom. The van der Waals surface area contributed by atoms with Crippen LogP contribution in [0.5, 0.6) is 0 Å². The molecule has 0 fully saturated rings. The molecule has 0 amide bonds. The minimum Gasteiger partial charge on any atom is -0.352 e. The first-order valence-electron chi connectivity index (χ1n) is 8.96. The minimum absolute atomic E-state index is 0. The largest absolute Gasteiger partial charge is 0.352 e. The number of nitrogens with zero attached hydrogens (tertiary/aromatic N) is 4. The molecule has 0 unspecified atom stereocenters. The molecule has 3 rings (SSSR count). The van der Waals surface area contributed by atoms with Gasteiger partial charge >= 0.3 is 0 Å². The maximum atomic E-state index is 6.13. The second-order valence-electron chi connectivity index (χ2n) is 6.58. The summed E-state index contributed by atoms with van der Waals surface area (Å²) in [6, 6.07) is 12.1. The van der Waals surface area contributed by atoms with E-state index in [1.165, 1.54) is 0 Å². The van der Waals surface area contributed by atoms with E-state index in [1.807, 2.05) is 41.4 Å². The summed E-state index contributed by atoms with van der Waals surface area (Å²) in [6.45, 7) is 5.23. The van der Waals surface area contributed by atoms with Crippen LogP contribution in [0.2, 0.25) is 10.2 Å². The third-order valence-electron chi connectivity index (χ3n) is 4.55. The van der Waals surface area contributed by atoms with Crippen LogP contribution in [-0.4, -0.2) is 27.4 Å². The molecule has 0 radical (unpaired) electrons. The fourth-order valence-corrected chi connectivity index (χ4v) is 3.49. The van der Waals surface area contributed by atoms with Crippen molar-refractivity contribution >= 4 is 53.1 Å². The Balaban J connectivity index is 0.00000300. The molecule has 0 bridgehead atoms. The summed E-state index contributed by atoms with van der Waals surface area (Å²) in [7, 11) is 3.62. The average molecular weight is 547 g/mol. The maximum absolute atomic E-state index is 6.13. The van der Waals surface area contributed by atoms with Gasteiger partial charge in [0, 0.05) is 32.0 Å². The van der Waals surface area contributed by atoms with E-state index in [0.29, 0.717) is 29.2 Å². The quantitative estimate of drug-likeness (QED) is 0.279. The third kappa shape index (κ3) is 5.46. The Morgan fingerprint density at radius 1 is 1.10 bits per heavy atom. The second kappa shape index (κ2) is 10.4. The van der Waals surface area contributed by atoms with Gasteiger partial charge in [-0.15, -0.1) is 24.0 Å². The summed E-state index contributed by atoms with van der Waals surface area (Å²) in [4.78, 5) is 4.30. The normalized spacial score (nSPS) is 11.3. The summed E-state index contributed by atoms with van der Waals surface area (Å²) in [6.07, 6.45) is 0. The van der Waals surface area contributed by atoms with E-state index in [2.05, 4.69) is 45.8 Å². The van der Waals surface area contributed by atoms with Crippen LogP contribution < -0.4 is 10.6 Å². The molecule has 2 aromatic heterocycles. The number of aromatic nitrogens is 3. The number of aliphatic imine (C=N–C) groups is 1. The lowest BCUT2D eigenvalue weighted by molar-refractivity contribution is 0.745. The number of aryl methyl sites for hydroxylation is 2. The number of para-hydroxylation sites is 1. The van der Waals surface area contributed by atoms with E-state index in [9.17, 15) is 0 Å². The van der Waals surface area contributed by atoms with Crippen LogP contribution in [0.4, 0.5) is 0 Å². The Morgan fingerprint density at radius 3 is 2.38 bits per heavy atom. The fraction of sp³-hybridized carbons (Fsp3) is 0.300. The van der Waals surface area contributed by atoms with Crippen molar-refractivity contribution in [1.82, 2.24) is 25.0 Å². The zero-order valence-electron chi connectivity index (χ0n) is 16.8. The van der Waals surface area contributed by atoms with E-state index >= 15 is 0 Å². The molecule has 156 valence electrons. The number of guanidine groups is 1. The zero-order chi connectivity index (χ0) is 20.3. The van der Waals surface area contributed by atoms with Gasteiger partial charge in [0.05, 0.1) is 22.9 Å². The molecule has 29 heavy (non-hydrogen) atoms. The van der Waals surface area contributed by atoms with Crippen LogP contribution in [0.1, 0.15) is 22.6 Å². The second-order valence-corrected chi connectivity index (χ2v) is 7.35. The summed E-state index contributed by atoms with van der Waals surface area (Å²) in [5.41, 5.74) is 5.25. The van der Waals surface area contributed by atoms with Gasteiger partial charge < -0.3 is 15.2 Å². The van der Waals surface area contributed by atoms with Crippen molar-refractivity contribution < 1.29 is 0 Å². The number of hydrogen-bond donors (Lipinski definition) is 2. The summed E-state index contributed by atoms with van der Waals surface area (Å²) < 4.78 is 3.82. The molecule has 0 saturated carbocycles. The van der Waals surface area contributed by atoms with Gasteiger partial charge in [-0.2, -0.15) is 5.10 Å². The Labute approximate surface area is 198 Å². The molecule has 0 atom stereocenters. The van der Waals surface area contributed by atoms with Gasteiger partial charge in [-0.3, -0.25) is 4.99 Å². The van der Waals surface area contributed by atoms with Crippen molar-refractivity contribution in [3.8, 4) is 5.69 Å². The molecular formula is C20H25Cl2IN6. The van der Waals surface area contributed by atoms with Crippen LogP contribution >= 0.6 is 47.2 Å². The highest BCUT2D eigenvalue weighted by Crippen LogP contribution is 2.25. The number of halogens is 3. The van der Waals surface area contributed by atoms with Crippen molar-refractivity contribution in [2.75, 3.05) is 7.05 Å². The van der Waals surface area contributed by atoms with Crippen molar-refractivity contribution in [2.45, 2.75) is 26.9 Å². The lowest BCUT2D eigenvalue weighted by Crippen LogP contribution is -2.37. The van der Waals surface area contributed by atoms with Gasteiger partial charge in [0.15, 0.2) is 5.96 Å². The number of nitrogens with one attached hydrogen (secondary N) is 2. The topological polar surface area (TPSA) is 59.2 Å². The molecule has 9 heteroatoms. The SMILES string of the molecule is CN=C(NCc1ccccc1-n1nc(C)cc1C)NCc1cc(Cl)c(Cl)n1C.I. The number of hydrogen-bond acceptors (Lipinski definition) is 2. The molecule has 0 aliphatic carbocycles. The summed E-state index contributed by atoms with van der Waals surface area (Å²) in [5, 5.41) is 12.3. The molecule has 6 nitrogen and oxygen atoms in total. The fourth-order valence-electron chi connectivity index (χ4n) is 3.07. The average Bonchev–Trinajstić information content (AvgIpc) is 3.15. The highest BCUT2D eigenvalue weighted by molar-refractivity contribution is 14.0. The minimum atomic E-state index is 0. The highest BCUT2D eigenvalue weighted by atomic mass is 127. The number of benzene rings is 1. The molecule has 0 spiro atoms. The molecule has 0 saturated heterocycles. The molecule has 0 aliphatic rings. The zero-order valence-corrected chi connectivity index (χ0v) is 20.7. The van der Waals surface area contributed by atoms with E-state index in [-0.39, 0.29) is 24.0 Å².